The fourth-order valence-corrected chi connectivity index (χ4v) is 3.51. The first-order valence-electron chi connectivity index (χ1n) is 9.63. The summed E-state index contributed by atoms with van der Waals surface area (Å²) in [7, 11) is 0. The van der Waals surface area contributed by atoms with Crippen LogP contribution >= 0.6 is 0 Å². The quantitative estimate of drug-likeness (QED) is 0.447. The van der Waals surface area contributed by atoms with Crippen LogP contribution in [0.15, 0.2) is 71.5 Å². The Morgan fingerprint density at radius 1 is 1.00 bits per heavy atom. The molecule has 1 heterocycles. The molecule has 1 aromatic heterocycles. The zero-order valence-electron chi connectivity index (χ0n) is 16.5. The molecule has 9 heteroatoms. The van der Waals surface area contributed by atoms with E-state index in [-0.39, 0.29) is 24.2 Å². The van der Waals surface area contributed by atoms with E-state index in [9.17, 15) is 27.2 Å². The number of hydrogen-bond acceptors (Lipinski definition) is 2. The maximum absolute atomic E-state index is 13.4. The molecule has 32 heavy (non-hydrogen) atoms. The van der Waals surface area contributed by atoms with E-state index in [0.717, 1.165) is 6.07 Å². The number of carbonyl (C=O) groups is 1. The number of benzene rings is 3. The summed E-state index contributed by atoms with van der Waals surface area (Å²) in [6, 6.07) is 15.4. The number of nitrogens with one attached hydrogen (secondary N) is 2. The van der Waals surface area contributed by atoms with Crippen molar-refractivity contribution in [1.82, 2.24) is 14.9 Å². The molecular weight excluding hydrogens is 426 g/mol. The third-order valence-corrected chi connectivity index (χ3v) is 5.03. The molecule has 0 saturated heterocycles. The van der Waals surface area contributed by atoms with Crippen molar-refractivity contribution in [2.75, 3.05) is 0 Å². The molecule has 3 aromatic carbocycles. The van der Waals surface area contributed by atoms with Gasteiger partial charge in [-0.05, 0) is 47.5 Å². The number of imidazole rings is 1. The van der Waals surface area contributed by atoms with Gasteiger partial charge in [0.1, 0.15) is 5.82 Å². The van der Waals surface area contributed by atoms with E-state index in [1.54, 1.807) is 18.2 Å². The van der Waals surface area contributed by atoms with Crippen LogP contribution in [0.2, 0.25) is 0 Å². The number of alkyl halides is 3. The van der Waals surface area contributed by atoms with Gasteiger partial charge in [-0.25, -0.2) is 9.18 Å². The van der Waals surface area contributed by atoms with E-state index in [1.165, 1.54) is 47.0 Å². The van der Waals surface area contributed by atoms with Crippen molar-refractivity contribution in [2.45, 2.75) is 19.3 Å². The standard InChI is InChI=1S/C23H17F4N3O2/c24-17-6-3-4-14(10-17)13-30-20-9-8-15(11-19(20)29-22(30)32)21(31)28-12-16-5-1-2-7-18(16)23(25,26)27/h1-11H,12-13H2,(H,28,31)(H,29,32). The van der Waals surface area contributed by atoms with Crippen molar-refractivity contribution >= 4 is 16.9 Å². The topological polar surface area (TPSA) is 66.9 Å². The van der Waals surface area contributed by atoms with Crippen molar-refractivity contribution in [3.05, 3.63) is 105 Å². The summed E-state index contributed by atoms with van der Waals surface area (Å²) in [4.78, 5) is 27.5. The number of halogens is 4. The van der Waals surface area contributed by atoms with Gasteiger partial charge in [0, 0.05) is 12.1 Å². The number of nitrogens with zero attached hydrogens (tertiary/aromatic N) is 1. The van der Waals surface area contributed by atoms with Crippen LogP contribution in [0.1, 0.15) is 27.0 Å². The smallest absolute Gasteiger partial charge is 0.348 e. The van der Waals surface area contributed by atoms with Gasteiger partial charge in [-0.1, -0.05) is 30.3 Å². The van der Waals surface area contributed by atoms with Crippen LogP contribution in [-0.4, -0.2) is 15.5 Å². The molecule has 2 N–H and O–H groups in total. The minimum atomic E-state index is -4.52. The molecule has 0 unspecified atom stereocenters. The second-order valence-electron chi connectivity index (χ2n) is 7.22. The summed E-state index contributed by atoms with van der Waals surface area (Å²) < 4.78 is 54.2. The van der Waals surface area contributed by atoms with E-state index in [1.807, 2.05) is 0 Å². The molecular formula is C23H17F4N3O2. The lowest BCUT2D eigenvalue weighted by Gasteiger charge is -2.13. The summed E-state index contributed by atoms with van der Waals surface area (Å²) >= 11 is 0. The summed E-state index contributed by atoms with van der Waals surface area (Å²) in [6.45, 7) is -0.167. The van der Waals surface area contributed by atoms with Crippen LogP contribution in [0, 0.1) is 5.82 Å². The predicted molar refractivity (Wildman–Crippen MR) is 111 cm³/mol. The summed E-state index contributed by atoms with van der Waals surface area (Å²) in [5.74, 6) is -0.996. The highest BCUT2D eigenvalue weighted by Crippen LogP contribution is 2.31. The molecule has 164 valence electrons. The molecule has 0 atom stereocenters. The van der Waals surface area contributed by atoms with E-state index >= 15 is 0 Å². The Labute approximate surface area is 179 Å². The van der Waals surface area contributed by atoms with Crippen LogP contribution in [0.4, 0.5) is 17.6 Å². The second-order valence-corrected chi connectivity index (χ2v) is 7.22. The maximum Gasteiger partial charge on any atom is 0.416 e. The molecule has 0 aliphatic carbocycles. The van der Waals surface area contributed by atoms with Crippen molar-refractivity contribution in [2.24, 2.45) is 0 Å². The number of aromatic amines is 1. The number of hydrogen-bond donors (Lipinski definition) is 2. The third kappa shape index (κ3) is 4.41. The van der Waals surface area contributed by atoms with Gasteiger partial charge in [-0.3, -0.25) is 9.36 Å². The summed E-state index contributed by atoms with van der Waals surface area (Å²) in [5, 5.41) is 2.48. The summed E-state index contributed by atoms with van der Waals surface area (Å²) in [6.07, 6.45) is -4.52. The lowest BCUT2D eigenvalue weighted by Crippen LogP contribution is -2.24. The molecule has 4 rings (SSSR count). The van der Waals surface area contributed by atoms with Crippen molar-refractivity contribution in [1.29, 1.82) is 0 Å². The Hall–Kier alpha value is -3.88. The normalized spacial score (nSPS) is 11.6. The Balaban J connectivity index is 1.55. The first-order valence-corrected chi connectivity index (χ1v) is 9.63. The lowest BCUT2D eigenvalue weighted by molar-refractivity contribution is -0.138. The Kier molecular flexibility index (Phi) is 5.56. The largest absolute Gasteiger partial charge is 0.416 e. The number of fused-ring (bicyclic) bond motifs is 1. The molecule has 5 nitrogen and oxygen atoms in total. The Morgan fingerprint density at radius 2 is 1.78 bits per heavy atom. The predicted octanol–water partition coefficient (Wildman–Crippen LogP) is 4.47. The molecule has 0 saturated carbocycles. The van der Waals surface area contributed by atoms with Gasteiger partial charge < -0.3 is 10.3 Å². The van der Waals surface area contributed by atoms with Crippen LogP contribution in [0.3, 0.4) is 0 Å². The number of amides is 1. The molecule has 4 aromatic rings. The Bertz CT molecular complexity index is 1360. The molecule has 0 bridgehead atoms. The number of aromatic nitrogens is 2. The van der Waals surface area contributed by atoms with Gasteiger partial charge in [-0.2, -0.15) is 13.2 Å². The first kappa shape index (κ1) is 21.4. The number of rotatable bonds is 5. The third-order valence-electron chi connectivity index (χ3n) is 5.03. The average molecular weight is 443 g/mol. The molecule has 1 amide bonds. The highest BCUT2D eigenvalue weighted by molar-refractivity contribution is 5.97. The molecule has 0 radical (unpaired) electrons. The van der Waals surface area contributed by atoms with Gasteiger partial charge >= 0.3 is 11.9 Å². The number of carbonyl (C=O) groups excluding carboxylic acids is 1. The van der Waals surface area contributed by atoms with Gasteiger partial charge in [0.2, 0.25) is 0 Å². The fraction of sp³-hybridized carbons (Fsp3) is 0.130. The SMILES string of the molecule is O=C(NCc1ccccc1C(F)(F)F)c1ccc2c(c1)[nH]c(=O)n2Cc1cccc(F)c1. The van der Waals surface area contributed by atoms with Crippen molar-refractivity contribution in [3.8, 4) is 0 Å². The van der Waals surface area contributed by atoms with Crippen molar-refractivity contribution < 1.29 is 22.4 Å². The first-order chi connectivity index (χ1) is 15.2. The number of H-pyrrole nitrogens is 1. The van der Waals surface area contributed by atoms with E-state index < -0.39 is 29.2 Å². The van der Waals surface area contributed by atoms with Gasteiger partial charge in [0.15, 0.2) is 0 Å². The van der Waals surface area contributed by atoms with Gasteiger partial charge in [0.25, 0.3) is 5.91 Å². The average Bonchev–Trinajstić information content (AvgIpc) is 3.06. The maximum atomic E-state index is 13.4. The van der Waals surface area contributed by atoms with Crippen molar-refractivity contribution in [3.63, 3.8) is 0 Å². The minimum absolute atomic E-state index is 0.0518. The zero-order chi connectivity index (χ0) is 22.9. The monoisotopic (exact) mass is 443 g/mol. The molecule has 0 spiro atoms. The minimum Gasteiger partial charge on any atom is -0.348 e. The van der Waals surface area contributed by atoms with Crippen LogP contribution < -0.4 is 11.0 Å². The van der Waals surface area contributed by atoms with Gasteiger partial charge in [0.05, 0.1) is 23.1 Å². The van der Waals surface area contributed by atoms with E-state index in [4.69, 9.17) is 0 Å². The molecule has 0 aliphatic heterocycles. The zero-order valence-corrected chi connectivity index (χ0v) is 16.5. The lowest BCUT2D eigenvalue weighted by atomic mass is 10.1. The Morgan fingerprint density at radius 3 is 2.53 bits per heavy atom. The van der Waals surface area contributed by atoms with Crippen LogP contribution in [-0.2, 0) is 19.3 Å². The van der Waals surface area contributed by atoms with Crippen LogP contribution in [0.5, 0.6) is 0 Å². The van der Waals surface area contributed by atoms with E-state index in [0.29, 0.717) is 16.6 Å². The van der Waals surface area contributed by atoms with Crippen LogP contribution in [0.25, 0.3) is 11.0 Å². The fourth-order valence-electron chi connectivity index (χ4n) is 3.51. The highest BCUT2D eigenvalue weighted by Gasteiger charge is 2.32. The molecule has 0 aliphatic rings. The van der Waals surface area contributed by atoms with E-state index in [2.05, 4.69) is 10.3 Å². The van der Waals surface area contributed by atoms with Gasteiger partial charge in [-0.15, -0.1) is 0 Å². The second kappa shape index (κ2) is 8.33. The summed E-state index contributed by atoms with van der Waals surface area (Å²) in [5.41, 5.74) is 0.381. The molecule has 0 fully saturated rings. The highest BCUT2D eigenvalue weighted by atomic mass is 19.4.